The van der Waals surface area contributed by atoms with Crippen LogP contribution in [-0.4, -0.2) is 11.0 Å². The van der Waals surface area contributed by atoms with Gasteiger partial charge in [0.15, 0.2) is 0 Å². The van der Waals surface area contributed by atoms with Crippen LogP contribution in [0.1, 0.15) is 48.1 Å². The topological polar surface area (TPSA) is 49.3 Å². The first-order valence-corrected chi connectivity index (χ1v) is 7.79. The molecule has 1 heterocycles. The van der Waals surface area contributed by atoms with Gasteiger partial charge in [-0.25, -0.2) is 0 Å². The van der Waals surface area contributed by atoms with Gasteiger partial charge in [-0.05, 0) is 30.0 Å². The molecule has 2 atom stereocenters. The van der Waals surface area contributed by atoms with Gasteiger partial charge in [0, 0.05) is 12.0 Å². The van der Waals surface area contributed by atoms with E-state index in [1.807, 2.05) is 43.3 Å². The third-order valence-electron chi connectivity index (χ3n) is 4.41. The van der Waals surface area contributed by atoms with Crippen LogP contribution in [0.3, 0.4) is 0 Å². The predicted molar refractivity (Wildman–Crippen MR) is 88.0 cm³/mol. The lowest BCUT2D eigenvalue weighted by atomic mass is 9.92. The van der Waals surface area contributed by atoms with E-state index in [2.05, 4.69) is 18.3 Å². The fraction of sp³-hybridized carbons (Fsp3) is 0.316. The Bertz CT molecular complexity index is 694. The summed E-state index contributed by atoms with van der Waals surface area (Å²) in [6.45, 7) is 4.00. The number of hydrogen-bond donors (Lipinski definition) is 2. The maximum absolute atomic E-state index is 12.0. The molecule has 1 aliphatic rings. The molecule has 0 aliphatic carbocycles. The van der Waals surface area contributed by atoms with Crippen molar-refractivity contribution in [1.29, 1.82) is 0 Å². The minimum atomic E-state index is -0.617. The second kappa shape index (κ2) is 5.93. The van der Waals surface area contributed by atoms with Crippen molar-refractivity contribution in [2.45, 2.75) is 38.7 Å². The Hall–Kier alpha value is -2.13. The summed E-state index contributed by atoms with van der Waals surface area (Å²) in [5, 5.41) is 13.6. The van der Waals surface area contributed by atoms with Crippen LogP contribution in [0, 0.1) is 0 Å². The third-order valence-corrected chi connectivity index (χ3v) is 4.41. The fourth-order valence-electron chi connectivity index (χ4n) is 3.02. The number of aliphatic hydroxyl groups is 1. The van der Waals surface area contributed by atoms with Crippen molar-refractivity contribution in [3.63, 3.8) is 0 Å². The average Bonchev–Trinajstić information content (AvgIpc) is 2.82. The van der Waals surface area contributed by atoms with Crippen LogP contribution in [0.5, 0.6) is 0 Å². The predicted octanol–water partition coefficient (Wildman–Crippen LogP) is 3.58. The minimum Gasteiger partial charge on any atom is -0.388 e. The van der Waals surface area contributed by atoms with Crippen LogP contribution in [0.2, 0.25) is 0 Å². The number of amides is 1. The zero-order valence-electron chi connectivity index (χ0n) is 13.0. The monoisotopic (exact) mass is 295 g/mol. The van der Waals surface area contributed by atoms with E-state index >= 15 is 0 Å². The molecule has 2 unspecified atom stereocenters. The molecule has 0 fully saturated rings. The molecule has 3 nitrogen and oxygen atoms in total. The number of anilines is 1. The van der Waals surface area contributed by atoms with Crippen LogP contribution >= 0.6 is 0 Å². The first kappa shape index (κ1) is 14.8. The number of rotatable bonds is 4. The molecule has 0 saturated carbocycles. The summed E-state index contributed by atoms with van der Waals surface area (Å²) in [5.41, 5.74) is 4.88. The molecule has 2 aromatic carbocycles. The number of aliphatic hydroxyl groups excluding tert-OH is 1. The van der Waals surface area contributed by atoms with Gasteiger partial charge in [0.2, 0.25) is 5.91 Å². The van der Waals surface area contributed by atoms with E-state index in [1.165, 1.54) is 0 Å². The number of carbonyl (C=O) groups excluding carboxylic acids is 1. The smallest absolute Gasteiger partial charge is 0.231 e. The number of aryl methyl sites for hydroxylation is 1. The average molecular weight is 295 g/mol. The molecule has 2 N–H and O–H groups in total. The second-order valence-corrected chi connectivity index (χ2v) is 5.92. The van der Waals surface area contributed by atoms with E-state index in [4.69, 9.17) is 0 Å². The van der Waals surface area contributed by atoms with Crippen molar-refractivity contribution >= 4 is 11.6 Å². The maximum Gasteiger partial charge on any atom is 0.231 e. The lowest BCUT2D eigenvalue weighted by Gasteiger charge is -2.17. The van der Waals surface area contributed by atoms with E-state index in [0.717, 1.165) is 34.4 Å². The first-order chi connectivity index (χ1) is 10.6. The molecule has 3 rings (SSSR count). The van der Waals surface area contributed by atoms with Gasteiger partial charge in [-0.15, -0.1) is 0 Å². The lowest BCUT2D eigenvalue weighted by Crippen LogP contribution is -2.10. The Morgan fingerprint density at radius 2 is 1.91 bits per heavy atom. The van der Waals surface area contributed by atoms with Crippen molar-refractivity contribution < 1.29 is 9.90 Å². The van der Waals surface area contributed by atoms with Gasteiger partial charge in [-0.1, -0.05) is 49.4 Å². The molecule has 1 amide bonds. The van der Waals surface area contributed by atoms with E-state index in [-0.39, 0.29) is 11.8 Å². The standard InChI is InChI=1S/C19H21NO2/c1-3-13-9-15-12(2)19(22)20-18(15)16(10-13)17(21)11-14-7-5-4-6-8-14/h4-10,12,17,21H,3,11H2,1-2H3,(H,20,22). The zero-order chi connectivity index (χ0) is 15.7. The van der Waals surface area contributed by atoms with E-state index in [0.29, 0.717) is 6.42 Å². The summed E-state index contributed by atoms with van der Waals surface area (Å²) in [6.07, 6.45) is 0.817. The number of nitrogens with one attached hydrogen (secondary N) is 1. The van der Waals surface area contributed by atoms with Gasteiger partial charge >= 0.3 is 0 Å². The summed E-state index contributed by atoms with van der Waals surface area (Å²) in [6, 6.07) is 14.0. The van der Waals surface area contributed by atoms with Crippen LogP contribution in [0.25, 0.3) is 0 Å². The molecule has 0 spiro atoms. The first-order valence-electron chi connectivity index (χ1n) is 7.79. The van der Waals surface area contributed by atoms with Gasteiger partial charge in [0.05, 0.1) is 17.7 Å². The van der Waals surface area contributed by atoms with Crippen molar-refractivity contribution in [3.05, 3.63) is 64.7 Å². The number of fused-ring (bicyclic) bond motifs is 1. The Morgan fingerprint density at radius 1 is 1.18 bits per heavy atom. The summed E-state index contributed by atoms with van der Waals surface area (Å²) >= 11 is 0. The second-order valence-electron chi connectivity index (χ2n) is 5.92. The van der Waals surface area contributed by atoms with E-state index in [9.17, 15) is 9.90 Å². The van der Waals surface area contributed by atoms with Crippen molar-refractivity contribution in [1.82, 2.24) is 0 Å². The van der Waals surface area contributed by atoms with Gasteiger partial charge < -0.3 is 10.4 Å². The summed E-state index contributed by atoms with van der Waals surface area (Å²) in [4.78, 5) is 12.0. The Kier molecular flexibility index (Phi) is 3.99. The molecule has 3 heteroatoms. The highest BCUT2D eigenvalue weighted by atomic mass is 16.3. The van der Waals surface area contributed by atoms with Crippen molar-refractivity contribution in [2.75, 3.05) is 5.32 Å². The Balaban J connectivity index is 1.98. The maximum atomic E-state index is 12.0. The van der Waals surface area contributed by atoms with Crippen LogP contribution in [0.4, 0.5) is 5.69 Å². The van der Waals surface area contributed by atoms with Gasteiger partial charge in [-0.3, -0.25) is 4.79 Å². The highest BCUT2D eigenvalue weighted by Crippen LogP contribution is 2.39. The molecule has 0 radical (unpaired) electrons. The normalized spacial score (nSPS) is 18.0. The molecular weight excluding hydrogens is 274 g/mol. The van der Waals surface area contributed by atoms with Crippen molar-refractivity contribution in [2.24, 2.45) is 0 Å². The van der Waals surface area contributed by atoms with Crippen LogP contribution in [0.15, 0.2) is 42.5 Å². The van der Waals surface area contributed by atoms with E-state index in [1.54, 1.807) is 0 Å². The number of carbonyl (C=O) groups is 1. The summed E-state index contributed by atoms with van der Waals surface area (Å²) in [7, 11) is 0. The fourth-order valence-corrected chi connectivity index (χ4v) is 3.02. The largest absolute Gasteiger partial charge is 0.388 e. The van der Waals surface area contributed by atoms with Crippen LogP contribution < -0.4 is 5.32 Å². The molecular formula is C19H21NO2. The quantitative estimate of drug-likeness (QED) is 0.905. The van der Waals surface area contributed by atoms with E-state index < -0.39 is 6.10 Å². The van der Waals surface area contributed by atoms with Crippen LogP contribution in [-0.2, 0) is 17.6 Å². The summed E-state index contributed by atoms with van der Waals surface area (Å²) < 4.78 is 0. The third kappa shape index (κ3) is 2.64. The minimum absolute atomic E-state index is 0.0106. The molecule has 0 bridgehead atoms. The number of hydrogen-bond acceptors (Lipinski definition) is 2. The highest BCUT2D eigenvalue weighted by Gasteiger charge is 2.30. The molecule has 2 aromatic rings. The van der Waals surface area contributed by atoms with Gasteiger partial charge in [0.1, 0.15) is 0 Å². The van der Waals surface area contributed by atoms with Crippen molar-refractivity contribution in [3.8, 4) is 0 Å². The Morgan fingerprint density at radius 3 is 2.59 bits per heavy atom. The molecule has 22 heavy (non-hydrogen) atoms. The lowest BCUT2D eigenvalue weighted by molar-refractivity contribution is -0.116. The molecule has 1 aliphatic heterocycles. The Labute approximate surface area is 131 Å². The summed E-state index contributed by atoms with van der Waals surface area (Å²) in [5.74, 6) is -0.138. The molecule has 0 saturated heterocycles. The molecule has 114 valence electrons. The zero-order valence-corrected chi connectivity index (χ0v) is 13.0. The van der Waals surface area contributed by atoms with Gasteiger partial charge in [-0.2, -0.15) is 0 Å². The number of benzene rings is 2. The molecule has 0 aromatic heterocycles. The highest BCUT2D eigenvalue weighted by molar-refractivity contribution is 6.03. The SMILES string of the molecule is CCc1cc(C(O)Cc2ccccc2)c2c(c1)C(C)C(=O)N2. The van der Waals surface area contributed by atoms with Gasteiger partial charge in [0.25, 0.3) is 0 Å².